The molecule has 0 spiro atoms. The zero-order valence-corrected chi connectivity index (χ0v) is 9.24. The van der Waals surface area contributed by atoms with Crippen molar-refractivity contribution in [2.24, 2.45) is 0 Å². The van der Waals surface area contributed by atoms with Crippen molar-refractivity contribution in [2.75, 3.05) is 7.11 Å². The Morgan fingerprint density at radius 3 is 3.00 bits per heavy atom. The predicted molar refractivity (Wildman–Crippen MR) is 56.9 cm³/mol. The lowest BCUT2D eigenvalue weighted by Crippen LogP contribution is -2.10. The topological polar surface area (TPSA) is 29.5 Å². The SMILES string of the molecule is COc1ccc2c(c1)C(=O)N(I)C2. The maximum Gasteiger partial charge on any atom is 0.263 e. The number of benzene rings is 1. The fraction of sp³-hybridized carbons (Fsp3) is 0.222. The van der Waals surface area contributed by atoms with Crippen LogP contribution in [-0.2, 0) is 6.54 Å². The van der Waals surface area contributed by atoms with E-state index in [1.54, 1.807) is 16.3 Å². The standard InChI is InChI=1S/C9H8INO2/c1-13-7-3-2-6-5-11(10)9(12)8(6)4-7/h2-4H,5H2,1H3. The molecule has 2 rings (SSSR count). The third-order valence-electron chi connectivity index (χ3n) is 2.08. The molecule has 0 fully saturated rings. The van der Waals surface area contributed by atoms with Gasteiger partial charge in [0.15, 0.2) is 0 Å². The Morgan fingerprint density at radius 2 is 2.31 bits per heavy atom. The summed E-state index contributed by atoms with van der Waals surface area (Å²) in [6, 6.07) is 5.60. The molecule has 0 saturated heterocycles. The molecule has 1 aromatic rings. The lowest BCUT2D eigenvalue weighted by atomic mass is 10.1. The van der Waals surface area contributed by atoms with Crippen LogP contribution in [0.3, 0.4) is 0 Å². The number of carbonyl (C=O) groups is 1. The highest BCUT2D eigenvalue weighted by Gasteiger charge is 2.25. The highest BCUT2D eigenvalue weighted by Crippen LogP contribution is 2.28. The molecule has 13 heavy (non-hydrogen) atoms. The minimum Gasteiger partial charge on any atom is -0.497 e. The number of hydrogen-bond donors (Lipinski definition) is 0. The first-order chi connectivity index (χ1) is 6.22. The zero-order chi connectivity index (χ0) is 9.42. The van der Waals surface area contributed by atoms with Crippen LogP contribution in [0.1, 0.15) is 15.9 Å². The minimum atomic E-state index is 0.0644. The average Bonchev–Trinajstić information content (AvgIpc) is 2.43. The first-order valence-corrected chi connectivity index (χ1v) is 4.83. The maximum absolute atomic E-state index is 11.5. The molecule has 0 bridgehead atoms. The normalized spacial score (nSPS) is 14.6. The molecule has 1 aromatic carbocycles. The maximum atomic E-state index is 11.5. The first kappa shape index (κ1) is 8.80. The van der Waals surface area contributed by atoms with Crippen LogP contribution in [-0.4, -0.2) is 16.1 Å². The number of carbonyl (C=O) groups excluding carboxylic acids is 1. The molecule has 0 radical (unpaired) electrons. The second-order valence-corrected chi connectivity index (χ2v) is 4.01. The smallest absolute Gasteiger partial charge is 0.263 e. The van der Waals surface area contributed by atoms with Gasteiger partial charge in [0.1, 0.15) is 5.75 Å². The third kappa shape index (κ3) is 1.39. The van der Waals surface area contributed by atoms with Crippen molar-refractivity contribution in [3.05, 3.63) is 29.3 Å². The molecule has 1 aliphatic heterocycles. The average molecular weight is 289 g/mol. The van der Waals surface area contributed by atoms with Gasteiger partial charge < -0.3 is 4.74 Å². The second kappa shape index (κ2) is 3.17. The first-order valence-electron chi connectivity index (χ1n) is 3.87. The van der Waals surface area contributed by atoms with Crippen molar-refractivity contribution in [3.63, 3.8) is 0 Å². The molecule has 0 unspecified atom stereocenters. The van der Waals surface area contributed by atoms with Crippen molar-refractivity contribution in [3.8, 4) is 5.75 Å². The molecule has 1 aliphatic rings. The van der Waals surface area contributed by atoms with Crippen LogP contribution in [0.25, 0.3) is 0 Å². The summed E-state index contributed by atoms with van der Waals surface area (Å²) in [4.78, 5) is 11.5. The van der Waals surface area contributed by atoms with Crippen LogP contribution < -0.4 is 4.74 Å². The summed E-state index contributed by atoms with van der Waals surface area (Å²) in [5.74, 6) is 0.799. The van der Waals surface area contributed by atoms with Gasteiger partial charge in [-0.15, -0.1) is 0 Å². The van der Waals surface area contributed by atoms with Crippen molar-refractivity contribution >= 4 is 28.8 Å². The second-order valence-electron chi connectivity index (χ2n) is 2.85. The third-order valence-corrected chi connectivity index (χ3v) is 2.86. The lowest BCUT2D eigenvalue weighted by Gasteiger charge is -2.01. The van der Waals surface area contributed by atoms with Crippen LogP contribution in [0.5, 0.6) is 5.75 Å². The quantitative estimate of drug-likeness (QED) is 0.584. The number of halogens is 1. The van der Waals surface area contributed by atoms with Crippen molar-refractivity contribution in [1.82, 2.24) is 3.11 Å². The molecule has 0 aromatic heterocycles. The number of hydrogen-bond acceptors (Lipinski definition) is 2. The molecule has 1 heterocycles. The van der Waals surface area contributed by atoms with Crippen LogP contribution in [0.2, 0.25) is 0 Å². The number of nitrogens with zero attached hydrogens (tertiary/aromatic N) is 1. The van der Waals surface area contributed by atoms with Gasteiger partial charge in [0.05, 0.1) is 36.5 Å². The fourth-order valence-electron chi connectivity index (χ4n) is 1.37. The highest BCUT2D eigenvalue weighted by atomic mass is 127. The molecule has 0 aliphatic carbocycles. The van der Waals surface area contributed by atoms with Gasteiger partial charge in [0.2, 0.25) is 0 Å². The van der Waals surface area contributed by atoms with E-state index in [9.17, 15) is 4.79 Å². The van der Waals surface area contributed by atoms with Gasteiger partial charge in [-0.05, 0) is 17.7 Å². The Morgan fingerprint density at radius 1 is 1.54 bits per heavy atom. The number of ether oxygens (including phenoxy) is 1. The van der Waals surface area contributed by atoms with E-state index in [4.69, 9.17) is 4.74 Å². The molecule has 0 N–H and O–H groups in total. The van der Waals surface area contributed by atoms with Gasteiger partial charge in [-0.3, -0.25) is 7.91 Å². The highest BCUT2D eigenvalue weighted by molar-refractivity contribution is 14.1. The van der Waals surface area contributed by atoms with Crippen LogP contribution in [0, 0.1) is 0 Å². The summed E-state index contributed by atoms with van der Waals surface area (Å²) < 4.78 is 6.72. The molecular formula is C9H8INO2. The minimum absolute atomic E-state index is 0.0644. The Balaban J connectivity index is 2.48. The van der Waals surface area contributed by atoms with Crippen molar-refractivity contribution in [1.29, 1.82) is 0 Å². The molecule has 1 amide bonds. The monoisotopic (exact) mass is 289 g/mol. The Labute approximate surface area is 90.2 Å². The largest absolute Gasteiger partial charge is 0.497 e. The molecule has 4 heteroatoms. The van der Waals surface area contributed by atoms with E-state index >= 15 is 0 Å². The van der Waals surface area contributed by atoms with Gasteiger partial charge >= 0.3 is 0 Å². The summed E-state index contributed by atoms with van der Waals surface area (Å²) in [5.41, 5.74) is 1.83. The van der Waals surface area contributed by atoms with E-state index < -0.39 is 0 Å². The molecule has 0 saturated carbocycles. The van der Waals surface area contributed by atoms with E-state index in [1.165, 1.54) is 0 Å². The van der Waals surface area contributed by atoms with Crippen LogP contribution >= 0.6 is 22.9 Å². The van der Waals surface area contributed by atoms with Gasteiger partial charge in [0, 0.05) is 5.56 Å². The predicted octanol–water partition coefficient (Wildman–Crippen LogP) is 2.00. The Kier molecular flexibility index (Phi) is 2.15. The van der Waals surface area contributed by atoms with E-state index in [2.05, 4.69) is 0 Å². The lowest BCUT2D eigenvalue weighted by molar-refractivity contribution is 0.0904. The van der Waals surface area contributed by atoms with E-state index in [-0.39, 0.29) is 5.91 Å². The summed E-state index contributed by atoms with van der Waals surface area (Å²) in [7, 11) is 1.60. The van der Waals surface area contributed by atoms with Gasteiger partial charge in [0.25, 0.3) is 5.91 Å². The van der Waals surface area contributed by atoms with Crippen LogP contribution in [0.4, 0.5) is 0 Å². The fourth-order valence-corrected chi connectivity index (χ4v) is 2.00. The van der Waals surface area contributed by atoms with Crippen molar-refractivity contribution < 1.29 is 9.53 Å². The zero-order valence-electron chi connectivity index (χ0n) is 7.08. The summed E-state index contributed by atoms with van der Waals surface area (Å²) in [6.07, 6.45) is 0. The number of fused-ring (bicyclic) bond motifs is 1. The molecule has 68 valence electrons. The van der Waals surface area contributed by atoms with E-state index in [1.807, 2.05) is 35.0 Å². The molecule has 3 nitrogen and oxygen atoms in total. The molecule has 0 atom stereocenters. The summed E-state index contributed by atoms with van der Waals surface area (Å²) in [5, 5.41) is 0. The van der Waals surface area contributed by atoms with E-state index in [0.29, 0.717) is 6.54 Å². The number of amides is 1. The number of methoxy groups -OCH3 is 1. The van der Waals surface area contributed by atoms with Crippen LogP contribution in [0.15, 0.2) is 18.2 Å². The number of rotatable bonds is 1. The van der Waals surface area contributed by atoms with Gasteiger partial charge in [-0.2, -0.15) is 0 Å². The van der Waals surface area contributed by atoms with Crippen molar-refractivity contribution in [2.45, 2.75) is 6.54 Å². The van der Waals surface area contributed by atoms with Gasteiger partial charge in [-0.1, -0.05) is 6.07 Å². The molecular weight excluding hydrogens is 281 g/mol. The Hall–Kier alpha value is -0.780. The Bertz CT molecular complexity index is 365. The van der Waals surface area contributed by atoms with E-state index in [0.717, 1.165) is 16.9 Å². The van der Waals surface area contributed by atoms with Gasteiger partial charge in [-0.25, -0.2) is 0 Å². The summed E-state index contributed by atoms with van der Waals surface area (Å²) >= 11 is 2.02. The summed E-state index contributed by atoms with van der Waals surface area (Å²) in [6.45, 7) is 0.693.